The van der Waals surface area contributed by atoms with Gasteiger partial charge in [-0.05, 0) is 25.2 Å². The average Bonchev–Trinajstić information content (AvgIpc) is 2.64. The smallest absolute Gasteiger partial charge is 0.0923 e. The van der Waals surface area contributed by atoms with Crippen molar-refractivity contribution in [3.8, 4) is 0 Å². The molecule has 0 radical (unpaired) electrons. The van der Waals surface area contributed by atoms with Gasteiger partial charge in [0.1, 0.15) is 0 Å². The fourth-order valence-electron chi connectivity index (χ4n) is 1.63. The van der Waals surface area contributed by atoms with Crippen LogP contribution in [0.2, 0.25) is 0 Å². The van der Waals surface area contributed by atoms with E-state index in [1.54, 1.807) is 0 Å². The van der Waals surface area contributed by atoms with E-state index in [0.717, 1.165) is 19.3 Å². The van der Waals surface area contributed by atoms with Crippen molar-refractivity contribution in [1.82, 2.24) is 0 Å². The van der Waals surface area contributed by atoms with Gasteiger partial charge in [-0.25, -0.2) is 0 Å². The molecule has 1 aliphatic carbocycles. The predicted molar refractivity (Wildman–Crippen MR) is 32.0 cm³/mol. The topological polar surface area (TPSA) is 12.5 Å². The first kappa shape index (κ1) is 5.66. The second-order valence-electron chi connectivity index (χ2n) is 3.05. The maximum atomic E-state index is 12.0. The fourth-order valence-corrected chi connectivity index (χ4v) is 1.63. The Hall–Kier alpha value is -0.110. The molecule has 1 nitrogen and oxygen atoms in total. The average molecular weight is 130 g/mol. The number of alkyl halides is 1. The molecule has 9 heavy (non-hydrogen) atoms. The van der Waals surface area contributed by atoms with E-state index in [2.05, 4.69) is 0 Å². The van der Waals surface area contributed by atoms with Crippen molar-refractivity contribution in [3.05, 3.63) is 0 Å². The van der Waals surface area contributed by atoms with E-state index in [-0.39, 0.29) is 6.67 Å². The van der Waals surface area contributed by atoms with Gasteiger partial charge < -0.3 is 4.74 Å². The summed E-state index contributed by atoms with van der Waals surface area (Å²) >= 11 is 0. The summed E-state index contributed by atoms with van der Waals surface area (Å²) in [5, 5.41) is 0. The van der Waals surface area contributed by atoms with Crippen molar-refractivity contribution in [2.24, 2.45) is 5.92 Å². The number of halogens is 1. The highest BCUT2D eigenvalue weighted by molar-refractivity contribution is 4.91. The van der Waals surface area contributed by atoms with Crippen LogP contribution in [0, 0.1) is 5.92 Å². The van der Waals surface area contributed by atoms with E-state index in [9.17, 15) is 4.39 Å². The number of fused-ring (bicyclic) bond motifs is 1. The molecule has 0 spiro atoms. The van der Waals surface area contributed by atoms with E-state index in [1.165, 1.54) is 0 Å². The van der Waals surface area contributed by atoms with Crippen LogP contribution in [-0.4, -0.2) is 18.9 Å². The molecule has 2 heteroatoms. The summed E-state index contributed by atoms with van der Waals surface area (Å²) < 4.78 is 17.3. The minimum atomic E-state index is -0.146. The molecule has 3 unspecified atom stereocenters. The predicted octanol–water partition coefficient (Wildman–Crippen LogP) is 1.52. The number of epoxide rings is 1. The Kier molecular flexibility index (Phi) is 1.22. The first-order valence-corrected chi connectivity index (χ1v) is 3.61. The molecule has 1 saturated heterocycles. The number of ether oxygens (including phenoxy) is 1. The summed E-state index contributed by atoms with van der Waals surface area (Å²) in [4.78, 5) is 0. The Labute approximate surface area is 54.2 Å². The Bertz CT molecular complexity index is 115. The van der Waals surface area contributed by atoms with Gasteiger partial charge in [0.05, 0.1) is 18.9 Å². The monoisotopic (exact) mass is 130 g/mol. The van der Waals surface area contributed by atoms with Gasteiger partial charge in [0.15, 0.2) is 0 Å². The van der Waals surface area contributed by atoms with Crippen LogP contribution in [0.3, 0.4) is 0 Å². The molecular weight excluding hydrogens is 119 g/mol. The molecule has 2 aliphatic rings. The maximum absolute atomic E-state index is 12.0. The molecule has 3 atom stereocenters. The number of hydrogen-bond donors (Lipinski definition) is 0. The summed E-state index contributed by atoms with van der Waals surface area (Å²) in [5.74, 6) is 0.314. The van der Waals surface area contributed by atoms with Crippen LogP contribution in [-0.2, 0) is 4.74 Å². The Morgan fingerprint density at radius 3 is 2.89 bits per heavy atom. The lowest BCUT2D eigenvalue weighted by atomic mass is 9.90. The lowest BCUT2D eigenvalue weighted by molar-refractivity contribution is 0.296. The molecular formula is C7H11FO. The minimum absolute atomic E-state index is 0.146. The van der Waals surface area contributed by atoms with Gasteiger partial charge in [0.25, 0.3) is 0 Å². The van der Waals surface area contributed by atoms with Gasteiger partial charge in [0.2, 0.25) is 0 Å². The zero-order valence-electron chi connectivity index (χ0n) is 5.35. The number of hydrogen-bond acceptors (Lipinski definition) is 1. The van der Waals surface area contributed by atoms with Crippen LogP contribution >= 0.6 is 0 Å². The van der Waals surface area contributed by atoms with E-state index < -0.39 is 0 Å². The van der Waals surface area contributed by atoms with Crippen molar-refractivity contribution in [1.29, 1.82) is 0 Å². The van der Waals surface area contributed by atoms with E-state index >= 15 is 0 Å². The number of rotatable bonds is 1. The zero-order valence-corrected chi connectivity index (χ0v) is 5.35. The highest BCUT2D eigenvalue weighted by Gasteiger charge is 2.43. The summed E-state index contributed by atoms with van der Waals surface area (Å²) in [5.41, 5.74) is 0. The standard InChI is InChI=1S/C7H11FO/c8-4-5-1-2-6-7(3-5)9-6/h5-7H,1-4H2. The van der Waals surface area contributed by atoms with Gasteiger partial charge in [-0.3, -0.25) is 4.39 Å². The van der Waals surface area contributed by atoms with Gasteiger partial charge >= 0.3 is 0 Å². The van der Waals surface area contributed by atoms with Gasteiger partial charge in [0, 0.05) is 0 Å². The van der Waals surface area contributed by atoms with E-state index in [0.29, 0.717) is 18.1 Å². The van der Waals surface area contributed by atoms with Crippen LogP contribution in [0.25, 0.3) is 0 Å². The first-order valence-electron chi connectivity index (χ1n) is 3.61. The third kappa shape index (κ3) is 0.960. The summed E-state index contributed by atoms with van der Waals surface area (Å²) in [6.45, 7) is -0.146. The molecule has 2 fully saturated rings. The SMILES string of the molecule is FCC1CCC2OC2C1. The van der Waals surface area contributed by atoms with Gasteiger partial charge in [-0.1, -0.05) is 0 Å². The molecule has 0 aromatic rings. The van der Waals surface area contributed by atoms with Crippen LogP contribution in [0.15, 0.2) is 0 Å². The van der Waals surface area contributed by atoms with Crippen LogP contribution in [0.5, 0.6) is 0 Å². The quantitative estimate of drug-likeness (QED) is 0.490. The lowest BCUT2D eigenvalue weighted by Crippen LogP contribution is -2.14. The van der Waals surface area contributed by atoms with Gasteiger partial charge in [-0.2, -0.15) is 0 Å². The second kappa shape index (κ2) is 1.94. The third-order valence-corrected chi connectivity index (χ3v) is 2.33. The Morgan fingerprint density at radius 2 is 2.22 bits per heavy atom. The molecule has 0 bridgehead atoms. The Morgan fingerprint density at radius 1 is 1.33 bits per heavy atom. The molecule has 52 valence electrons. The second-order valence-corrected chi connectivity index (χ2v) is 3.05. The minimum Gasteiger partial charge on any atom is -0.370 e. The molecule has 2 rings (SSSR count). The fraction of sp³-hybridized carbons (Fsp3) is 1.00. The summed E-state index contributed by atoms with van der Waals surface area (Å²) in [6.07, 6.45) is 4.07. The normalized spacial score (nSPS) is 48.3. The lowest BCUT2D eigenvalue weighted by Gasteiger charge is -2.13. The van der Waals surface area contributed by atoms with Crippen molar-refractivity contribution in [3.63, 3.8) is 0 Å². The molecule has 0 amide bonds. The van der Waals surface area contributed by atoms with Crippen LogP contribution < -0.4 is 0 Å². The summed E-state index contributed by atoms with van der Waals surface area (Å²) in [6, 6.07) is 0. The largest absolute Gasteiger partial charge is 0.370 e. The Balaban J connectivity index is 1.86. The van der Waals surface area contributed by atoms with Crippen LogP contribution in [0.1, 0.15) is 19.3 Å². The van der Waals surface area contributed by atoms with Crippen LogP contribution in [0.4, 0.5) is 4.39 Å². The molecule has 1 saturated carbocycles. The van der Waals surface area contributed by atoms with E-state index in [4.69, 9.17) is 4.74 Å². The van der Waals surface area contributed by atoms with Crippen molar-refractivity contribution >= 4 is 0 Å². The summed E-state index contributed by atoms with van der Waals surface area (Å²) in [7, 11) is 0. The first-order chi connectivity index (χ1) is 4.40. The van der Waals surface area contributed by atoms with Crippen molar-refractivity contribution in [2.75, 3.05) is 6.67 Å². The van der Waals surface area contributed by atoms with Gasteiger partial charge in [-0.15, -0.1) is 0 Å². The maximum Gasteiger partial charge on any atom is 0.0923 e. The third-order valence-electron chi connectivity index (χ3n) is 2.33. The molecule has 1 heterocycles. The van der Waals surface area contributed by atoms with E-state index in [1.807, 2.05) is 0 Å². The molecule has 0 N–H and O–H groups in total. The molecule has 1 aliphatic heterocycles. The molecule has 0 aromatic heterocycles. The highest BCUT2D eigenvalue weighted by atomic mass is 19.1. The molecule has 0 aromatic carbocycles. The zero-order chi connectivity index (χ0) is 6.27. The highest BCUT2D eigenvalue weighted by Crippen LogP contribution is 2.39. The van der Waals surface area contributed by atoms with Crippen molar-refractivity contribution in [2.45, 2.75) is 31.5 Å². The van der Waals surface area contributed by atoms with Crippen molar-refractivity contribution < 1.29 is 9.13 Å².